The molecule has 0 aliphatic carbocycles. The predicted octanol–water partition coefficient (Wildman–Crippen LogP) is 3.48. The third-order valence-electron chi connectivity index (χ3n) is 3.08. The minimum atomic E-state index is -5.79. The molecule has 0 fully saturated rings. The fraction of sp³-hybridized carbons (Fsp3) is 0.385. The Labute approximate surface area is 132 Å². The summed E-state index contributed by atoms with van der Waals surface area (Å²) in [4.78, 5) is 23.1. The number of carbonyl (C=O) groups excluding carboxylic acids is 2. The molecule has 0 saturated carbocycles. The van der Waals surface area contributed by atoms with Gasteiger partial charge in [0.05, 0.1) is 18.4 Å². The van der Waals surface area contributed by atoms with Gasteiger partial charge in [0, 0.05) is 0 Å². The van der Waals surface area contributed by atoms with Crippen LogP contribution in [0.2, 0.25) is 0 Å². The van der Waals surface area contributed by atoms with Crippen LogP contribution in [0.3, 0.4) is 0 Å². The molecule has 134 valence electrons. The molecule has 1 aromatic carbocycles. The van der Waals surface area contributed by atoms with Crippen molar-refractivity contribution in [3.8, 4) is 0 Å². The molecule has 11 heteroatoms. The summed E-state index contributed by atoms with van der Waals surface area (Å²) in [5, 5.41) is 2.63. The van der Waals surface area contributed by atoms with Gasteiger partial charge in [0.1, 0.15) is 0 Å². The van der Waals surface area contributed by atoms with E-state index in [4.69, 9.17) is 0 Å². The van der Waals surface area contributed by atoms with Gasteiger partial charge in [0.25, 0.3) is 0 Å². The lowest BCUT2D eigenvalue weighted by Gasteiger charge is -2.34. The zero-order valence-electron chi connectivity index (χ0n) is 12.3. The summed E-state index contributed by atoms with van der Waals surface area (Å²) in [6, 6.07) is 3.18. The number of urea groups is 1. The van der Waals surface area contributed by atoms with Crippen molar-refractivity contribution >= 4 is 17.7 Å². The molecule has 1 aromatic rings. The van der Waals surface area contributed by atoms with Gasteiger partial charge in [-0.15, -0.1) is 0 Å². The number of rotatable bonds is 3. The largest absolute Gasteiger partial charge is 0.465 e. The van der Waals surface area contributed by atoms with Gasteiger partial charge in [0.2, 0.25) is 5.54 Å². The zero-order chi connectivity index (χ0) is 18.8. The molecule has 0 spiro atoms. The molecular weight excluding hydrogens is 346 g/mol. The van der Waals surface area contributed by atoms with E-state index in [-0.39, 0.29) is 18.2 Å². The molecule has 0 heterocycles. The minimum Gasteiger partial charge on any atom is -0.465 e. The number of amides is 2. The van der Waals surface area contributed by atoms with Gasteiger partial charge in [-0.05, 0) is 19.1 Å². The fourth-order valence-electron chi connectivity index (χ4n) is 1.56. The van der Waals surface area contributed by atoms with Gasteiger partial charge in [-0.3, -0.25) is 0 Å². The second-order valence-electron chi connectivity index (χ2n) is 4.74. The zero-order valence-corrected chi connectivity index (χ0v) is 12.3. The number of anilines is 1. The highest BCUT2D eigenvalue weighted by atomic mass is 19.4. The molecule has 5 nitrogen and oxygen atoms in total. The Morgan fingerprint density at radius 2 is 1.50 bits per heavy atom. The van der Waals surface area contributed by atoms with Gasteiger partial charge in [0.15, 0.2) is 0 Å². The molecule has 0 saturated heterocycles. The number of halogens is 6. The Hall–Kier alpha value is -2.46. The summed E-state index contributed by atoms with van der Waals surface area (Å²) in [6.45, 7) is -0.210. The Kier molecular flexibility index (Phi) is 5.36. The maximum atomic E-state index is 12.7. The average molecular weight is 358 g/mol. The van der Waals surface area contributed by atoms with E-state index in [9.17, 15) is 35.9 Å². The van der Waals surface area contributed by atoms with Crippen LogP contribution in [0.15, 0.2) is 24.3 Å². The molecule has 0 aliphatic rings. The van der Waals surface area contributed by atoms with Crippen molar-refractivity contribution in [1.29, 1.82) is 0 Å². The lowest BCUT2D eigenvalue weighted by atomic mass is 10.0. The number of esters is 1. The maximum Gasteiger partial charge on any atom is 0.420 e. The van der Waals surface area contributed by atoms with Crippen molar-refractivity contribution in [1.82, 2.24) is 5.32 Å². The van der Waals surface area contributed by atoms with Crippen LogP contribution in [0.25, 0.3) is 0 Å². The van der Waals surface area contributed by atoms with E-state index in [2.05, 4.69) is 4.74 Å². The number of methoxy groups -OCH3 is 1. The van der Waals surface area contributed by atoms with Crippen molar-refractivity contribution in [2.24, 2.45) is 0 Å². The Balaban J connectivity index is 3.07. The topological polar surface area (TPSA) is 67.4 Å². The van der Waals surface area contributed by atoms with Gasteiger partial charge in [-0.2, -0.15) is 26.3 Å². The number of para-hydroxylation sites is 1. The standard InChI is InChI=1S/C13H12F6N2O3/c1-11(12(14,15)16,13(17,18)19)21-10(23)20-8-6-4-3-5-7(8)9(22)24-2/h3-6H,1-2H3,(H2,20,21,23). The van der Waals surface area contributed by atoms with Crippen LogP contribution in [0.1, 0.15) is 17.3 Å². The van der Waals surface area contributed by atoms with Crippen molar-refractivity contribution in [2.45, 2.75) is 24.8 Å². The third-order valence-corrected chi connectivity index (χ3v) is 3.08. The van der Waals surface area contributed by atoms with Crippen molar-refractivity contribution in [3.05, 3.63) is 29.8 Å². The summed E-state index contributed by atoms with van der Waals surface area (Å²) in [6.07, 6.45) is -11.6. The van der Waals surface area contributed by atoms with Crippen molar-refractivity contribution in [3.63, 3.8) is 0 Å². The molecule has 24 heavy (non-hydrogen) atoms. The van der Waals surface area contributed by atoms with E-state index in [1.807, 2.05) is 0 Å². The second-order valence-corrected chi connectivity index (χ2v) is 4.74. The van der Waals surface area contributed by atoms with E-state index in [0.717, 1.165) is 18.5 Å². The Morgan fingerprint density at radius 1 is 1.00 bits per heavy atom. The summed E-state index contributed by atoms with van der Waals surface area (Å²) >= 11 is 0. The number of nitrogens with one attached hydrogen (secondary N) is 2. The summed E-state index contributed by atoms with van der Waals surface area (Å²) in [5.41, 5.74) is -5.02. The second kappa shape index (κ2) is 6.57. The number of ether oxygens (including phenoxy) is 1. The minimum absolute atomic E-state index is 0.210. The van der Waals surface area contributed by atoms with Crippen LogP contribution in [0.5, 0.6) is 0 Å². The van der Waals surface area contributed by atoms with Crippen LogP contribution < -0.4 is 10.6 Å². The highest BCUT2D eigenvalue weighted by molar-refractivity contribution is 6.00. The molecule has 0 unspecified atom stereocenters. The van der Waals surface area contributed by atoms with Gasteiger partial charge in [-0.1, -0.05) is 12.1 Å². The van der Waals surface area contributed by atoms with Gasteiger partial charge in [-0.25, -0.2) is 9.59 Å². The van der Waals surface area contributed by atoms with E-state index in [1.54, 1.807) is 5.32 Å². The lowest BCUT2D eigenvalue weighted by molar-refractivity contribution is -0.297. The predicted molar refractivity (Wildman–Crippen MR) is 70.5 cm³/mol. The molecule has 0 aromatic heterocycles. The first kappa shape index (κ1) is 19.6. The van der Waals surface area contributed by atoms with Crippen LogP contribution in [-0.4, -0.2) is 37.0 Å². The Bertz CT molecular complexity index is 613. The summed E-state index contributed by atoms with van der Waals surface area (Å²) in [5.74, 6) is -0.930. The number of alkyl halides is 6. The number of hydrogen-bond acceptors (Lipinski definition) is 3. The van der Waals surface area contributed by atoms with Crippen LogP contribution in [0.4, 0.5) is 36.8 Å². The SMILES string of the molecule is COC(=O)c1ccccc1NC(=O)NC(C)(C(F)(F)F)C(F)(F)F. The number of carbonyl (C=O) groups is 2. The number of benzene rings is 1. The molecular formula is C13H12F6N2O3. The fourth-order valence-corrected chi connectivity index (χ4v) is 1.56. The lowest BCUT2D eigenvalue weighted by Crippen LogP contribution is -2.66. The van der Waals surface area contributed by atoms with E-state index in [1.165, 1.54) is 18.2 Å². The maximum absolute atomic E-state index is 12.7. The quantitative estimate of drug-likeness (QED) is 0.642. The summed E-state index contributed by atoms with van der Waals surface area (Å²) in [7, 11) is 1.02. The van der Waals surface area contributed by atoms with E-state index >= 15 is 0 Å². The third kappa shape index (κ3) is 3.89. The molecule has 1 rings (SSSR count). The first-order chi connectivity index (χ1) is 10.8. The smallest absolute Gasteiger partial charge is 0.420 e. The molecule has 0 atom stereocenters. The highest BCUT2D eigenvalue weighted by Gasteiger charge is 2.68. The molecule has 0 aliphatic heterocycles. The molecule has 0 bridgehead atoms. The van der Waals surface area contributed by atoms with Crippen LogP contribution in [0, 0.1) is 0 Å². The van der Waals surface area contributed by atoms with E-state index < -0.39 is 29.9 Å². The normalized spacial score (nSPS) is 12.5. The van der Waals surface area contributed by atoms with Crippen LogP contribution in [-0.2, 0) is 4.74 Å². The molecule has 0 radical (unpaired) electrons. The first-order valence-corrected chi connectivity index (χ1v) is 6.23. The Morgan fingerprint density at radius 3 is 1.96 bits per heavy atom. The van der Waals surface area contributed by atoms with Crippen molar-refractivity contribution < 1.29 is 40.7 Å². The summed E-state index contributed by atoms with van der Waals surface area (Å²) < 4.78 is 80.7. The first-order valence-electron chi connectivity index (χ1n) is 6.23. The number of hydrogen-bond donors (Lipinski definition) is 2. The molecule has 2 amide bonds. The van der Waals surface area contributed by atoms with Gasteiger partial charge < -0.3 is 15.4 Å². The highest BCUT2D eigenvalue weighted by Crippen LogP contribution is 2.42. The van der Waals surface area contributed by atoms with Crippen LogP contribution >= 0.6 is 0 Å². The monoisotopic (exact) mass is 358 g/mol. The van der Waals surface area contributed by atoms with Crippen molar-refractivity contribution in [2.75, 3.05) is 12.4 Å². The van der Waals surface area contributed by atoms with E-state index in [0.29, 0.717) is 0 Å². The van der Waals surface area contributed by atoms with Gasteiger partial charge >= 0.3 is 24.4 Å². The average Bonchev–Trinajstić information content (AvgIpc) is 2.44. The molecule has 2 N–H and O–H groups in total.